The Morgan fingerprint density at radius 2 is 2.11 bits per heavy atom. The molecule has 1 aromatic heterocycles. The smallest absolute Gasteiger partial charge is 0.254 e. The van der Waals surface area contributed by atoms with Gasteiger partial charge in [-0.3, -0.25) is 9.78 Å². The molecule has 98 valence electrons. The van der Waals surface area contributed by atoms with Crippen LogP contribution >= 0.6 is 11.6 Å². The van der Waals surface area contributed by atoms with Crippen LogP contribution in [-0.4, -0.2) is 17.4 Å². The number of halogens is 2. The van der Waals surface area contributed by atoms with E-state index in [1.54, 1.807) is 24.3 Å². The van der Waals surface area contributed by atoms with Crippen molar-refractivity contribution in [2.75, 3.05) is 6.54 Å². The molecule has 19 heavy (non-hydrogen) atoms. The van der Waals surface area contributed by atoms with Crippen molar-refractivity contribution in [1.82, 2.24) is 10.3 Å². The summed E-state index contributed by atoms with van der Waals surface area (Å²) in [5.41, 5.74) is 0.887. The fourth-order valence-corrected chi connectivity index (χ4v) is 1.84. The number of aromatic nitrogens is 1. The number of hydrogen-bond donors (Lipinski definition) is 1. The Bertz CT molecular complexity index is 589. The van der Waals surface area contributed by atoms with Crippen LogP contribution in [0.4, 0.5) is 4.39 Å². The van der Waals surface area contributed by atoms with E-state index in [4.69, 9.17) is 11.6 Å². The van der Waals surface area contributed by atoms with Gasteiger partial charge in [0.1, 0.15) is 5.82 Å². The van der Waals surface area contributed by atoms with Gasteiger partial charge in [0.05, 0.1) is 10.6 Å². The monoisotopic (exact) mass is 278 g/mol. The molecule has 0 bridgehead atoms. The number of pyridine rings is 1. The van der Waals surface area contributed by atoms with Gasteiger partial charge in [-0.2, -0.15) is 0 Å². The van der Waals surface area contributed by atoms with Gasteiger partial charge in [-0.05, 0) is 24.1 Å². The van der Waals surface area contributed by atoms with Crippen molar-refractivity contribution < 1.29 is 9.18 Å². The van der Waals surface area contributed by atoms with Crippen molar-refractivity contribution in [3.63, 3.8) is 0 Å². The predicted octanol–water partition coefficient (Wildman–Crippen LogP) is 2.85. The Labute approximate surface area is 115 Å². The molecular formula is C14H12ClFN2O. The lowest BCUT2D eigenvalue weighted by Gasteiger charge is -2.06. The van der Waals surface area contributed by atoms with E-state index < -0.39 is 0 Å². The molecule has 1 heterocycles. The number of rotatable bonds is 4. The van der Waals surface area contributed by atoms with E-state index in [0.717, 1.165) is 0 Å². The van der Waals surface area contributed by atoms with Gasteiger partial charge in [0.15, 0.2) is 0 Å². The van der Waals surface area contributed by atoms with Crippen LogP contribution < -0.4 is 5.32 Å². The zero-order valence-electron chi connectivity index (χ0n) is 10.1. The van der Waals surface area contributed by atoms with Crippen LogP contribution in [0.2, 0.25) is 5.02 Å². The van der Waals surface area contributed by atoms with Gasteiger partial charge in [0.2, 0.25) is 0 Å². The van der Waals surface area contributed by atoms with E-state index in [-0.39, 0.29) is 11.7 Å². The van der Waals surface area contributed by atoms with Gasteiger partial charge in [0, 0.05) is 18.9 Å². The second kappa shape index (κ2) is 6.29. The third-order valence-corrected chi connectivity index (χ3v) is 2.98. The molecule has 1 amide bonds. The Balaban J connectivity index is 1.92. The minimum atomic E-state index is -0.311. The molecule has 0 saturated carbocycles. The number of carbonyl (C=O) groups is 1. The number of hydrogen-bond acceptors (Lipinski definition) is 2. The average Bonchev–Trinajstić information content (AvgIpc) is 2.41. The topological polar surface area (TPSA) is 42.0 Å². The first-order valence-corrected chi connectivity index (χ1v) is 6.17. The normalized spacial score (nSPS) is 10.2. The van der Waals surface area contributed by atoms with E-state index in [2.05, 4.69) is 10.3 Å². The van der Waals surface area contributed by atoms with Crippen LogP contribution in [0.1, 0.15) is 15.9 Å². The zero-order chi connectivity index (χ0) is 13.7. The Morgan fingerprint density at radius 3 is 2.84 bits per heavy atom. The second-order valence-electron chi connectivity index (χ2n) is 3.95. The molecule has 0 aliphatic heterocycles. The Hall–Kier alpha value is -1.94. The summed E-state index contributed by atoms with van der Waals surface area (Å²) in [6.07, 6.45) is 3.34. The summed E-state index contributed by atoms with van der Waals surface area (Å²) in [7, 11) is 0. The highest BCUT2D eigenvalue weighted by atomic mass is 35.5. The molecule has 2 aromatic rings. The van der Waals surface area contributed by atoms with Crippen LogP contribution in [0.3, 0.4) is 0 Å². The molecule has 0 fully saturated rings. The highest BCUT2D eigenvalue weighted by Crippen LogP contribution is 2.13. The van der Waals surface area contributed by atoms with E-state index in [0.29, 0.717) is 29.1 Å². The highest BCUT2D eigenvalue weighted by Gasteiger charge is 2.09. The summed E-state index contributed by atoms with van der Waals surface area (Å²) in [5, 5.41) is 3.03. The molecule has 0 spiro atoms. The molecule has 1 N–H and O–H groups in total. The van der Waals surface area contributed by atoms with Gasteiger partial charge in [0.25, 0.3) is 5.91 Å². The molecule has 0 radical (unpaired) electrons. The first-order chi connectivity index (χ1) is 9.18. The molecule has 0 aliphatic rings. The van der Waals surface area contributed by atoms with Gasteiger partial charge in [-0.1, -0.05) is 29.8 Å². The number of amides is 1. The molecule has 5 heteroatoms. The lowest BCUT2D eigenvalue weighted by atomic mass is 10.1. The van der Waals surface area contributed by atoms with Gasteiger partial charge < -0.3 is 5.32 Å². The number of nitrogens with one attached hydrogen (secondary N) is 1. The lowest BCUT2D eigenvalue weighted by molar-refractivity contribution is 0.0954. The standard InChI is InChI=1S/C14H12ClFN2O/c15-12-6-7-17-9-11(12)14(19)18-8-5-10-3-1-2-4-13(10)16/h1-4,6-7,9H,5,8H2,(H,18,19). The van der Waals surface area contributed by atoms with Crippen molar-refractivity contribution >= 4 is 17.5 Å². The van der Waals surface area contributed by atoms with Crippen molar-refractivity contribution in [1.29, 1.82) is 0 Å². The SMILES string of the molecule is O=C(NCCc1ccccc1F)c1cnccc1Cl. The fourth-order valence-electron chi connectivity index (χ4n) is 1.65. The van der Waals surface area contributed by atoms with Crippen LogP contribution in [0.25, 0.3) is 0 Å². The van der Waals surface area contributed by atoms with Crippen molar-refractivity contribution in [2.45, 2.75) is 6.42 Å². The third kappa shape index (κ3) is 3.51. The molecule has 2 rings (SSSR count). The van der Waals surface area contributed by atoms with E-state index in [1.165, 1.54) is 18.5 Å². The van der Waals surface area contributed by atoms with Gasteiger partial charge in [-0.25, -0.2) is 4.39 Å². The molecular weight excluding hydrogens is 267 g/mol. The first-order valence-electron chi connectivity index (χ1n) is 5.79. The minimum Gasteiger partial charge on any atom is -0.352 e. The molecule has 3 nitrogen and oxygen atoms in total. The van der Waals surface area contributed by atoms with E-state index in [1.807, 2.05) is 0 Å². The van der Waals surface area contributed by atoms with Crippen molar-refractivity contribution in [3.05, 3.63) is 64.7 Å². The fraction of sp³-hybridized carbons (Fsp3) is 0.143. The Morgan fingerprint density at radius 1 is 1.32 bits per heavy atom. The van der Waals surface area contributed by atoms with Gasteiger partial charge >= 0.3 is 0 Å². The van der Waals surface area contributed by atoms with Crippen LogP contribution in [0, 0.1) is 5.82 Å². The van der Waals surface area contributed by atoms with E-state index in [9.17, 15) is 9.18 Å². The maximum Gasteiger partial charge on any atom is 0.254 e. The van der Waals surface area contributed by atoms with Crippen LogP contribution in [-0.2, 0) is 6.42 Å². The summed E-state index contributed by atoms with van der Waals surface area (Å²) in [5.74, 6) is -0.578. The third-order valence-electron chi connectivity index (χ3n) is 2.65. The molecule has 0 aliphatic carbocycles. The van der Waals surface area contributed by atoms with Crippen LogP contribution in [0.5, 0.6) is 0 Å². The number of carbonyl (C=O) groups excluding carboxylic acids is 1. The number of nitrogens with zero attached hydrogens (tertiary/aromatic N) is 1. The first kappa shape index (κ1) is 13.5. The predicted molar refractivity (Wildman–Crippen MR) is 71.7 cm³/mol. The van der Waals surface area contributed by atoms with Gasteiger partial charge in [-0.15, -0.1) is 0 Å². The lowest BCUT2D eigenvalue weighted by Crippen LogP contribution is -2.26. The maximum absolute atomic E-state index is 13.4. The maximum atomic E-state index is 13.4. The second-order valence-corrected chi connectivity index (χ2v) is 4.36. The van der Waals surface area contributed by atoms with Crippen molar-refractivity contribution in [3.8, 4) is 0 Å². The highest BCUT2D eigenvalue weighted by molar-refractivity contribution is 6.33. The average molecular weight is 279 g/mol. The summed E-state index contributed by atoms with van der Waals surface area (Å²) in [6.45, 7) is 0.338. The summed E-state index contributed by atoms with van der Waals surface area (Å²) < 4.78 is 13.4. The summed E-state index contributed by atoms with van der Waals surface area (Å²) in [6, 6.07) is 8.03. The van der Waals surface area contributed by atoms with Crippen LogP contribution in [0.15, 0.2) is 42.7 Å². The summed E-state index contributed by atoms with van der Waals surface area (Å²) >= 11 is 5.88. The minimum absolute atomic E-state index is 0.267. The van der Waals surface area contributed by atoms with E-state index >= 15 is 0 Å². The zero-order valence-corrected chi connectivity index (χ0v) is 10.8. The molecule has 0 saturated heterocycles. The Kier molecular flexibility index (Phi) is 4.47. The number of benzene rings is 1. The summed E-state index contributed by atoms with van der Waals surface area (Å²) in [4.78, 5) is 15.7. The quantitative estimate of drug-likeness (QED) is 0.934. The van der Waals surface area contributed by atoms with Crippen molar-refractivity contribution in [2.24, 2.45) is 0 Å². The largest absolute Gasteiger partial charge is 0.352 e. The molecule has 0 atom stereocenters. The molecule has 0 unspecified atom stereocenters. The molecule has 1 aromatic carbocycles.